The molecule has 0 aromatic heterocycles. The molecule has 1 aromatic carbocycles. The lowest BCUT2D eigenvalue weighted by Gasteiger charge is -2.56. The van der Waals surface area contributed by atoms with Gasteiger partial charge in [-0.2, -0.15) is 0 Å². The molecule has 1 amide bonds. The van der Waals surface area contributed by atoms with E-state index in [1.54, 1.807) is 45.0 Å². The number of ether oxygens (including phenoxy) is 2. The summed E-state index contributed by atoms with van der Waals surface area (Å²) in [7, 11) is -3.51. The number of benzene rings is 1. The lowest BCUT2D eigenvalue weighted by molar-refractivity contribution is -0.154. The van der Waals surface area contributed by atoms with E-state index in [1.165, 1.54) is 0 Å². The molecule has 1 aliphatic heterocycles. The number of sulfone groups is 1. The Morgan fingerprint density at radius 2 is 1.69 bits per heavy atom. The molecule has 1 unspecified atom stereocenters. The van der Waals surface area contributed by atoms with Crippen LogP contribution in [0.5, 0.6) is 5.75 Å². The number of likely N-dealkylation sites (tertiary alicyclic amines) is 1. The van der Waals surface area contributed by atoms with Crippen LogP contribution in [0.4, 0.5) is 4.39 Å². The Labute approximate surface area is 232 Å². The minimum atomic E-state index is -3.51. The fourth-order valence-electron chi connectivity index (χ4n) is 6.38. The molecule has 0 spiro atoms. The number of fused-ring (bicyclic) bond motifs is 3. The number of nitrogens with zero attached hydrogens (tertiary/aromatic N) is 1. The normalized spacial score (nSPS) is 27.6. The first kappa shape index (κ1) is 29.6. The van der Waals surface area contributed by atoms with Gasteiger partial charge in [-0.25, -0.2) is 12.8 Å². The summed E-state index contributed by atoms with van der Waals surface area (Å²) in [6.45, 7) is 8.10. The van der Waals surface area contributed by atoms with Gasteiger partial charge in [-0.1, -0.05) is 6.92 Å². The summed E-state index contributed by atoms with van der Waals surface area (Å²) in [6.07, 6.45) is 6.69. The zero-order chi connectivity index (χ0) is 28.5. The van der Waals surface area contributed by atoms with Gasteiger partial charge in [0.1, 0.15) is 18.0 Å². The van der Waals surface area contributed by atoms with Crippen molar-refractivity contribution >= 4 is 21.7 Å². The van der Waals surface area contributed by atoms with Crippen LogP contribution in [0.15, 0.2) is 41.1 Å². The molecule has 7 nitrogen and oxygen atoms in total. The van der Waals surface area contributed by atoms with Gasteiger partial charge in [0.25, 0.3) is 0 Å². The van der Waals surface area contributed by atoms with Crippen molar-refractivity contribution in [2.24, 2.45) is 11.3 Å². The number of hydrogen-bond donors (Lipinski definition) is 0. The van der Waals surface area contributed by atoms with Crippen molar-refractivity contribution in [2.75, 3.05) is 18.9 Å². The van der Waals surface area contributed by atoms with Gasteiger partial charge in [-0.15, -0.1) is 0 Å². The van der Waals surface area contributed by atoms with Crippen LogP contribution in [0, 0.1) is 11.3 Å². The van der Waals surface area contributed by atoms with Crippen LogP contribution in [0.1, 0.15) is 85.5 Å². The Balaban J connectivity index is 1.30. The zero-order valence-electron chi connectivity index (χ0n) is 23.6. The Hall–Kier alpha value is -2.42. The van der Waals surface area contributed by atoms with Gasteiger partial charge in [0, 0.05) is 24.4 Å². The highest BCUT2D eigenvalue weighted by molar-refractivity contribution is 7.91. The predicted octanol–water partition coefficient (Wildman–Crippen LogP) is 5.78. The van der Waals surface area contributed by atoms with Gasteiger partial charge < -0.3 is 14.4 Å². The fourth-order valence-corrected chi connectivity index (χ4v) is 8.33. The van der Waals surface area contributed by atoms with Crippen molar-refractivity contribution in [3.05, 3.63) is 36.2 Å². The third-order valence-electron chi connectivity index (χ3n) is 8.74. The number of carbonyl (C=O) groups excluding carboxylic acids is 2. The molecule has 1 aromatic rings. The third kappa shape index (κ3) is 6.84. The second-order valence-electron chi connectivity index (χ2n) is 12.8. The topological polar surface area (TPSA) is 90.0 Å². The van der Waals surface area contributed by atoms with Crippen LogP contribution in [0.25, 0.3) is 0 Å². The largest absolute Gasteiger partial charge is 0.489 e. The van der Waals surface area contributed by atoms with Crippen LogP contribution < -0.4 is 4.74 Å². The van der Waals surface area contributed by atoms with Crippen molar-refractivity contribution in [3.8, 4) is 5.75 Å². The van der Waals surface area contributed by atoms with Crippen LogP contribution in [0.3, 0.4) is 0 Å². The van der Waals surface area contributed by atoms with Crippen molar-refractivity contribution in [3.63, 3.8) is 0 Å². The molecule has 3 aliphatic carbocycles. The summed E-state index contributed by atoms with van der Waals surface area (Å²) in [4.78, 5) is 26.9. The Bertz CT molecular complexity index is 1180. The molecule has 1 atom stereocenters. The second kappa shape index (κ2) is 11.2. The first-order valence-electron chi connectivity index (χ1n) is 14.0. The predicted molar refractivity (Wildman–Crippen MR) is 147 cm³/mol. The fraction of sp³-hybridized carbons (Fsp3) is 0.667. The smallest absolute Gasteiger partial charge is 0.306 e. The first-order chi connectivity index (χ1) is 18.3. The Morgan fingerprint density at radius 1 is 1.08 bits per heavy atom. The highest BCUT2D eigenvalue weighted by Crippen LogP contribution is 2.56. The highest BCUT2D eigenvalue weighted by atomic mass is 32.2. The quantitative estimate of drug-likeness (QED) is 0.336. The summed E-state index contributed by atoms with van der Waals surface area (Å²) in [5.41, 5.74) is -0.599. The van der Waals surface area contributed by atoms with Crippen molar-refractivity contribution < 1.29 is 31.9 Å². The Kier molecular flexibility index (Phi) is 8.50. The molecule has 1 saturated heterocycles. The molecule has 4 fully saturated rings. The van der Waals surface area contributed by atoms with Crippen molar-refractivity contribution in [2.45, 2.75) is 102 Å². The Morgan fingerprint density at radius 3 is 2.21 bits per heavy atom. The van der Waals surface area contributed by atoms with E-state index >= 15 is 0 Å². The monoisotopic (exact) mass is 563 g/mol. The van der Waals surface area contributed by atoms with Gasteiger partial charge in [0.05, 0.1) is 17.0 Å². The molecule has 0 radical (unpaired) electrons. The van der Waals surface area contributed by atoms with Gasteiger partial charge >= 0.3 is 5.97 Å². The lowest BCUT2D eigenvalue weighted by Crippen LogP contribution is -2.58. The molecule has 0 N–H and O–H groups in total. The third-order valence-corrected chi connectivity index (χ3v) is 10.7. The maximum Gasteiger partial charge on any atom is 0.306 e. The van der Waals surface area contributed by atoms with E-state index in [0.29, 0.717) is 17.7 Å². The number of carbonyl (C=O) groups is 2. The van der Waals surface area contributed by atoms with Gasteiger partial charge in [0.15, 0.2) is 9.84 Å². The molecule has 1 heterocycles. The van der Waals surface area contributed by atoms with E-state index in [-0.39, 0.29) is 52.9 Å². The SMILES string of the molecule is CC1CCN(C23CCC(CS(=O)(=O)c4ccc(OC/C(=C/F)CCC(=O)OC(C)(C)C)cc4)(CC2)CC3)C1=O. The van der Waals surface area contributed by atoms with E-state index in [0.717, 1.165) is 51.5 Å². The number of amides is 1. The number of halogens is 1. The lowest BCUT2D eigenvalue weighted by atomic mass is 9.57. The molecule has 2 bridgehead atoms. The molecule has 5 rings (SSSR count). The maximum absolute atomic E-state index is 13.4. The van der Waals surface area contributed by atoms with E-state index in [2.05, 4.69) is 4.90 Å². The average Bonchev–Trinajstić information content (AvgIpc) is 3.22. The van der Waals surface area contributed by atoms with Crippen LogP contribution in [0.2, 0.25) is 0 Å². The number of esters is 1. The maximum atomic E-state index is 13.4. The standard InChI is InChI=1S/C30H42FNO6S/c1-22-11-18-32(27(22)34)30-15-12-29(13-16-30,14-17-30)21-39(35,36)25-8-6-24(7-9-25)37-20-23(19-31)5-10-26(33)38-28(2,3)4/h6-9,19,22H,5,10-18,20-21H2,1-4H3/b23-19+. The molecule has 216 valence electrons. The van der Waals surface area contributed by atoms with Gasteiger partial charge in [0.2, 0.25) is 5.91 Å². The second-order valence-corrected chi connectivity index (χ2v) is 14.8. The summed E-state index contributed by atoms with van der Waals surface area (Å²) in [6, 6.07) is 6.25. The minimum Gasteiger partial charge on any atom is -0.489 e. The van der Waals surface area contributed by atoms with Gasteiger partial charge in [-0.3, -0.25) is 9.59 Å². The summed E-state index contributed by atoms with van der Waals surface area (Å²) in [5, 5.41) is 0. The minimum absolute atomic E-state index is 0.0455. The van der Waals surface area contributed by atoms with Crippen LogP contribution in [-0.2, 0) is 24.2 Å². The molecular formula is C30H42FNO6S. The van der Waals surface area contributed by atoms with Crippen molar-refractivity contribution in [1.29, 1.82) is 0 Å². The number of hydrogen-bond acceptors (Lipinski definition) is 6. The van der Waals surface area contributed by atoms with Crippen LogP contribution >= 0.6 is 0 Å². The van der Waals surface area contributed by atoms with E-state index in [9.17, 15) is 22.4 Å². The van der Waals surface area contributed by atoms with Crippen molar-refractivity contribution in [1.82, 2.24) is 4.90 Å². The molecular weight excluding hydrogens is 521 g/mol. The van der Waals surface area contributed by atoms with E-state index in [4.69, 9.17) is 9.47 Å². The molecule has 9 heteroatoms. The number of rotatable bonds is 10. The zero-order valence-corrected chi connectivity index (χ0v) is 24.4. The highest BCUT2D eigenvalue weighted by Gasteiger charge is 2.55. The molecule has 3 saturated carbocycles. The van der Waals surface area contributed by atoms with E-state index < -0.39 is 21.4 Å². The van der Waals surface area contributed by atoms with E-state index in [1.807, 2.05) is 6.92 Å². The molecule has 4 aliphatic rings. The molecule has 39 heavy (non-hydrogen) atoms. The van der Waals surface area contributed by atoms with Gasteiger partial charge in [-0.05, 0) is 107 Å². The summed E-state index contributed by atoms with van der Waals surface area (Å²) >= 11 is 0. The first-order valence-corrected chi connectivity index (χ1v) is 15.7. The summed E-state index contributed by atoms with van der Waals surface area (Å²) in [5.74, 6) is 0.485. The summed E-state index contributed by atoms with van der Waals surface area (Å²) < 4.78 is 51.0. The van der Waals surface area contributed by atoms with Crippen LogP contribution in [-0.4, -0.2) is 55.2 Å². The average molecular weight is 564 g/mol.